The van der Waals surface area contributed by atoms with Crippen LogP contribution in [0.5, 0.6) is 0 Å². The Balaban J connectivity index is 2.37. The van der Waals surface area contributed by atoms with Gasteiger partial charge in [0.15, 0.2) is 0 Å². The molecule has 0 fully saturated rings. The highest BCUT2D eigenvalue weighted by molar-refractivity contribution is 6.36. The minimum Gasteiger partial charge on any atom is -0.260 e. The number of benzene rings is 1. The molecule has 0 aliphatic carbocycles. The Kier molecular flexibility index (Phi) is 3.63. The molecule has 4 heteroatoms. The van der Waals surface area contributed by atoms with E-state index in [0.29, 0.717) is 16.5 Å². The monoisotopic (exact) mass is 262 g/mol. The number of halogens is 2. The van der Waals surface area contributed by atoms with Crippen molar-refractivity contribution in [2.75, 3.05) is 0 Å². The van der Waals surface area contributed by atoms with E-state index in [2.05, 4.69) is 11.1 Å². The van der Waals surface area contributed by atoms with E-state index in [9.17, 15) is 0 Å². The molecule has 0 aliphatic rings. The fraction of sp³-hybridized carbons (Fsp3) is 0.0769. The van der Waals surface area contributed by atoms with Crippen LogP contribution in [0, 0.1) is 11.3 Å². The van der Waals surface area contributed by atoms with Gasteiger partial charge in [0.25, 0.3) is 0 Å². The van der Waals surface area contributed by atoms with E-state index >= 15 is 0 Å². The molecule has 0 unspecified atom stereocenters. The maximum atomic E-state index is 8.55. The highest BCUT2D eigenvalue weighted by atomic mass is 35.5. The Morgan fingerprint density at radius 2 is 2.00 bits per heavy atom. The number of aromatic nitrogens is 1. The van der Waals surface area contributed by atoms with Gasteiger partial charge in [0.05, 0.1) is 18.2 Å². The average Bonchev–Trinajstić information content (AvgIpc) is 2.31. The molecule has 2 rings (SSSR count). The number of nitrogens with zero attached hydrogens (tertiary/aromatic N) is 2. The fourth-order valence-electron chi connectivity index (χ4n) is 1.49. The van der Waals surface area contributed by atoms with E-state index < -0.39 is 0 Å². The second-order valence-electron chi connectivity index (χ2n) is 3.50. The first-order valence-corrected chi connectivity index (χ1v) is 5.73. The normalized spacial score (nSPS) is 9.94. The first-order chi connectivity index (χ1) is 8.20. The Hall–Kier alpha value is -1.56. The summed E-state index contributed by atoms with van der Waals surface area (Å²) >= 11 is 11.9. The Labute approximate surface area is 109 Å². The van der Waals surface area contributed by atoms with Crippen LogP contribution in [0.4, 0.5) is 0 Å². The molecule has 84 valence electrons. The first-order valence-electron chi connectivity index (χ1n) is 4.98. The van der Waals surface area contributed by atoms with Crippen molar-refractivity contribution in [1.29, 1.82) is 5.26 Å². The third-order valence-corrected chi connectivity index (χ3v) is 2.87. The second-order valence-corrected chi connectivity index (χ2v) is 4.34. The summed E-state index contributed by atoms with van der Waals surface area (Å²) in [5.74, 6) is 0. The molecule has 1 heterocycles. The topological polar surface area (TPSA) is 36.7 Å². The van der Waals surface area contributed by atoms with Crippen LogP contribution in [0.25, 0.3) is 11.1 Å². The number of rotatable bonds is 2. The maximum absolute atomic E-state index is 8.55. The predicted octanol–water partition coefficient (Wildman–Crippen LogP) is 4.12. The number of pyridine rings is 1. The largest absolute Gasteiger partial charge is 0.260 e. The first kappa shape index (κ1) is 11.9. The summed E-state index contributed by atoms with van der Waals surface area (Å²) < 4.78 is 0. The minimum atomic E-state index is 0.314. The Bertz CT molecular complexity index is 571. The van der Waals surface area contributed by atoms with Gasteiger partial charge < -0.3 is 0 Å². The molecule has 17 heavy (non-hydrogen) atoms. The average molecular weight is 263 g/mol. The summed E-state index contributed by atoms with van der Waals surface area (Å²) in [5, 5.41) is 9.75. The molecule has 0 aliphatic heterocycles. The van der Waals surface area contributed by atoms with Gasteiger partial charge in [-0.15, -0.1) is 0 Å². The van der Waals surface area contributed by atoms with Crippen LogP contribution in [0.2, 0.25) is 10.0 Å². The van der Waals surface area contributed by atoms with Crippen molar-refractivity contribution in [2.24, 2.45) is 0 Å². The number of hydrogen-bond donors (Lipinski definition) is 0. The van der Waals surface area contributed by atoms with Crippen molar-refractivity contribution < 1.29 is 0 Å². The SMILES string of the molecule is N#CCc1ccc(-c2ccc(Cl)cc2Cl)cn1. The van der Waals surface area contributed by atoms with Crippen molar-refractivity contribution in [3.63, 3.8) is 0 Å². The molecule has 0 amide bonds. The van der Waals surface area contributed by atoms with Crippen LogP contribution in [0.1, 0.15) is 5.69 Å². The summed E-state index contributed by atoms with van der Waals surface area (Å²) in [7, 11) is 0. The van der Waals surface area contributed by atoms with E-state index in [1.807, 2.05) is 18.2 Å². The summed E-state index contributed by atoms with van der Waals surface area (Å²) in [5.41, 5.74) is 2.54. The molecule has 1 aromatic heterocycles. The number of nitriles is 1. The molecule has 0 N–H and O–H groups in total. The van der Waals surface area contributed by atoms with E-state index in [4.69, 9.17) is 28.5 Å². The molecule has 0 radical (unpaired) electrons. The van der Waals surface area contributed by atoms with Gasteiger partial charge in [-0.1, -0.05) is 35.3 Å². The smallest absolute Gasteiger partial charge is 0.0774 e. The Morgan fingerprint density at radius 3 is 2.59 bits per heavy atom. The van der Waals surface area contributed by atoms with Crippen molar-refractivity contribution in [3.8, 4) is 17.2 Å². The molecule has 0 bridgehead atoms. The van der Waals surface area contributed by atoms with E-state index in [0.717, 1.165) is 16.8 Å². The van der Waals surface area contributed by atoms with Gasteiger partial charge in [0.1, 0.15) is 0 Å². The van der Waals surface area contributed by atoms with Crippen LogP contribution in [0.15, 0.2) is 36.5 Å². The standard InChI is InChI=1S/C13H8Cl2N2/c14-10-2-4-12(13(15)7-10)9-1-3-11(5-6-16)17-8-9/h1-4,7-8H,5H2. The lowest BCUT2D eigenvalue weighted by Gasteiger charge is -2.05. The molecular weight excluding hydrogens is 255 g/mol. The zero-order valence-electron chi connectivity index (χ0n) is 8.82. The molecule has 2 nitrogen and oxygen atoms in total. The molecule has 2 aromatic rings. The van der Waals surface area contributed by atoms with Gasteiger partial charge in [0.2, 0.25) is 0 Å². The van der Waals surface area contributed by atoms with Crippen LogP contribution in [0.3, 0.4) is 0 Å². The van der Waals surface area contributed by atoms with Crippen LogP contribution in [-0.2, 0) is 6.42 Å². The van der Waals surface area contributed by atoms with E-state index in [1.54, 1.807) is 18.3 Å². The summed E-state index contributed by atoms with van der Waals surface area (Å²) in [4.78, 5) is 4.19. The lowest BCUT2D eigenvalue weighted by molar-refractivity contribution is 1.12. The van der Waals surface area contributed by atoms with E-state index in [-0.39, 0.29) is 0 Å². The highest BCUT2D eigenvalue weighted by Gasteiger charge is 2.04. The molecule has 0 spiro atoms. The quantitative estimate of drug-likeness (QED) is 0.817. The molecule has 1 aromatic carbocycles. The Morgan fingerprint density at radius 1 is 1.18 bits per heavy atom. The van der Waals surface area contributed by atoms with Gasteiger partial charge in [-0.05, 0) is 18.2 Å². The van der Waals surface area contributed by atoms with Crippen molar-refractivity contribution in [2.45, 2.75) is 6.42 Å². The predicted molar refractivity (Wildman–Crippen MR) is 69.0 cm³/mol. The third kappa shape index (κ3) is 2.76. The van der Waals surface area contributed by atoms with Crippen molar-refractivity contribution in [1.82, 2.24) is 4.98 Å². The highest BCUT2D eigenvalue weighted by Crippen LogP contribution is 2.29. The summed E-state index contributed by atoms with van der Waals surface area (Å²) in [6.45, 7) is 0. The second kappa shape index (κ2) is 5.18. The summed E-state index contributed by atoms with van der Waals surface area (Å²) in [6, 6.07) is 11.1. The fourth-order valence-corrected chi connectivity index (χ4v) is 2.01. The minimum absolute atomic E-state index is 0.314. The lowest BCUT2D eigenvalue weighted by Crippen LogP contribution is -1.88. The third-order valence-electron chi connectivity index (χ3n) is 2.33. The van der Waals surface area contributed by atoms with Crippen molar-refractivity contribution >= 4 is 23.2 Å². The summed E-state index contributed by atoms with van der Waals surface area (Å²) in [6.07, 6.45) is 2.02. The number of hydrogen-bond acceptors (Lipinski definition) is 2. The van der Waals surface area contributed by atoms with Crippen LogP contribution in [-0.4, -0.2) is 4.98 Å². The van der Waals surface area contributed by atoms with Crippen molar-refractivity contribution in [3.05, 3.63) is 52.3 Å². The maximum Gasteiger partial charge on any atom is 0.0774 e. The van der Waals surface area contributed by atoms with Gasteiger partial charge in [-0.3, -0.25) is 4.98 Å². The lowest BCUT2D eigenvalue weighted by atomic mass is 10.1. The van der Waals surface area contributed by atoms with Crippen LogP contribution >= 0.6 is 23.2 Å². The van der Waals surface area contributed by atoms with Gasteiger partial charge >= 0.3 is 0 Å². The van der Waals surface area contributed by atoms with E-state index in [1.165, 1.54) is 0 Å². The van der Waals surface area contributed by atoms with Crippen LogP contribution < -0.4 is 0 Å². The zero-order chi connectivity index (χ0) is 12.3. The van der Waals surface area contributed by atoms with Gasteiger partial charge in [0, 0.05) is 27.4 Å². The van der Waals surface area contributed by atoms with Gasteiger partial charge in [-0.2, -0.15) is 5.26 Å². The molecule has 0 saturated carbocycles. The molecular formula is C13H8Cl2N2. The molecule has 0 saturated heterocycles. The zero-order valence-corrected chi connectivity index (χ0v) is 10.3. The molecule has 0 atom stereocenters. The van der Waals surface area contributed by atoms with Gasteiger partial charge in [-0.25, -0.2) is 0 Å².